The second-order valence-corrected chi connectivity index (χ2v) is 5.53. The third kappa shape index (κ3) is 4.84. The van der Waals surface area contributed by atoms with Crippen molar-refractivity contribution >= 4 is 12.0 Å². The van der Waals surface area contributed by atoms with Crippen LogP contribution in [0, 0.1) is 0 Å². The molecule has 3 atom stereocenters. The first-order valence-corrected chi connectivity index (χ1v) is 7.73. The second-order valence-electron chi connectivity index (χ2n) is 5.53. The lowest BCUT2D eigenvalue weighted by Crippen LogP contribution is -2.43. The summed E-state index contributed by atoms with van der Waals surface area (Å²) in [5, 5.41) is 17.9. The van der Waals surface area contributed by atoms with E-state index in [-0.39, 0.29) is 18.5 Å². The third-order valence-electron chi connectivity index (χ3n) is 3.89. The molecule has 8 heteroatoms. The van der Waals surface area contributed by atoms with E-state index in [4.69, 9.17) is 9.47 Å². The second kappa shape index (κ2) is 8.51. The van der Waals surface area contributed by atoms with E-state index in [9.17, 15) is 14.7 Å². The molecule has 24 heavy (non-hydrogen) atoms. The number of hydrogen-bond acceptors (Lipinski definition) is 6. The van der Waals surface area contributed by atoms with Gasteiger partial charge < -0.3 is 30.5 Å². The van der Waals surface area contributed by atoms with Crippen LogP contribution < -0.4 is 20.7 Å². The molecule has 0 spiro atoms. The van der Waals surface area contributed by atoms with Crippen molar-refractivity contribution < 1.29 is 24.2 Å². The van der Waals surface area contributed by atoms with Crippen molar-refractivity contribution in [3.8, 4) is 5.75 Å². The van der Waals surface area contributed by atoms with E-state index in [1.165, 1.54) is 7.05 Å². The molecule has 1 saturated heterocycles. The number of hydrogen-bond donors (Lipinski definition) is 4. The predicted octanol–water partition coefficient (Wildman–Crippen LogP) is -0.589. The predicted molar refractivity (Wildman–Crippen MR) is 86.8 cm³/mol. The summed E-state index contributed by atoms with van der Waals surface area (Å²) < 4.78 is 10.4. The molecule has 2 amide bonds. The van der Waals surface area contributed by atoms with Gasteiger partial charge in [-0.1, -0.05) is 12.1 Å². The minimum absolute atomic E-state index is 0.172. The van der Waals surface area contributed by atoms with Crippen LogP contribution in [0.5, 0.6) is 5.75 Å². The van der Waals surface area contributed by atoms with Gasteiger partial charge in [0.2, 0.25) is 5.91 Å². The van der Waals surface area contributed by atoms with E-state index < -0.39 is 18.3 Å². The molecule has 1 aliphatic rings. The SMILES string of the molecule is CNC(=O)CNC(=O)O[C@@H]1C(O)CN[C@@H]1Cc1ccc(OC)cc1. The first-order chi connectivity index (χ1) is 11.5. The Balaban J connectivity index is 1.91. The molecule has 0 aliphatic carbocycles. The first kappa shape index (κ1) is 18.0. The largest absolute Gasteiger partial charge is 0.497 e. The van der Waals surface area contributed by atoms with Crippen molar-refractivity contribution in [3.63, 3.8) is 0 Å². The van der Waals surface area contributed by atoms with Gasteiger partial charge in [0.15, 0.2) is 0 Å². The fourth-order valence-corrected chi connectivity index (χ4v) is 2.54. The van der Waals surface area contributed by atoms with Crippen LogP contribution in [0.25, 0.3) is 0 Å². The van der Waals surface area contributed by atoms with Crippen LogP contribution >= 0.6 is 0 Å². The van der Waals surface area contributed by atoms with Gasteiger partial charge >= 0.3 is 6.09 Å². The van der Waals surface area contributed by atoms with Crippen molar-refractivity contribution in [1.29, 1.82) is 0 Å². The molecular weight excluding hydrogens is 314 g/mol. The van der Waals surface area contributed by atoms with E-state index in [2.05, 4.69) is 16.0 Å². The molecule has 1 fully saturated rings. The Hall–Kier alpha value is -2.32. The van der Waals surface area contributed by atoms with Gasteiger partial charge in [-0.2, -0.15) is 0 Å². The van der Waals surface area contributed by atoms with E-state index >= 15 is 0 Å². The molecule has 0 radical (unpaired) electrons. The topological polar surface area (TPSA) is 109 Å². The number of methoxy groups -OCH3 is 1. The van der Waals surface area contributed by atoms with Crippen LogP contribution in [0.1, 0.15) is 5.56 Å². The molecule has 0 aromatic heterocycles. The van der Waals surface area contributed by atoms with Crippen molar-refractivity contribution in [2.24, 2.45) is 0 Å². The Morgan fingerprint density at radius 1 is 1.33 bits per heavy atom. The van der Waals surface area contributed by atoms with E-state index in [0.717, 1.165) is 11.3 Å². The monoisotopic (exact) mass is 337 g/mol. The zero-order valence-corrected chi connectivity index (χ0v) is 13.7. The molecule has 0 saturated carbocycles. The Kier molecular flexibility index (Phi) is 6.39. The molecule has 1 aromatic carbocycles. The molecule has 1 heterocycles. The zero-order valence-electron chi connectivity index (χ0n) is 13.7. The lowest BCUT2D eigenvalue weighted by atomic mass is 10.0. The van der Waals surface area contributed by atoms with Gasteiger partial charge in [-0.25, -0.2) is 4.79 Å². The van der Waals surface area contributed by atoms with Crippen LogP contribution in [0.2, 0.25) is 0 Å². The summed E-state index contributed by atoms with van der Waals surface area (Å²) in [6, 6.07) is 7.35. The van der Waals surface area contributed by atoms with Crippen LogP contribution in [0.15, 0.2) is 24.3 Å². The Labute approximate surface area is 140 Å². The maximum Gasteiger partial charge on any atom is 0.407 e. The van der Waals surface area contributed by atoms with Crippen molar-refractivity contribution in [2.75, 3.05) is 27.2 Å². The lowest BCUT2D eigenvalue weighted by molar-refractivity contribution is -0.119. The number of aliphatic hydroxyl groups is 1. The van der Waals surface area contributed by atoms with Gasteiger partial charge in [0.05, 0.1) is 19.7 Å². The highest BCUT2D eigenvalue weighted by atomic mass is 16.6. The summed E-state index contributed by atoms with van der Waals surface area (Å²) in [5.74, 6) is 0.436. The molecule has 1 aromatic rings. The molecular formula is C16H23N3O5. The van der Waals surface area contributed by atoms with Gasteiger partial charge in [-0.15, -0.1) is 0 Å². The highest BCUT2D eigenvalue weighted by Crippen LogP contribution is 2.19. The third-order valence-corrected chi connectivity index (χ3v) is 3.89. The smallest absolute Gasteiger partial charge is 0.407 e. The number of likely N-dealkylation sites (N-methyl/N-ethyl adjacent to an activating group) is 1. The quantitative estimate of drug-likeness (QED) is 0.553. The highest BCUT2D eigenvalue weighted by Gasteiger charge is 2.37. The number of benzene rings is 1. The summed E-state index contributed by atoms with van der Waals surface area (Å²) in [7, 11) is 3.08. The minimum Gasteiger partial charge on any atom is -0.497 e. The molecule has 0 bridgehead atoms. The summed E-state index contributed by atoms with van der Waals surface area (Å²) in [4.78, 5) is 22.9. The van der Waals surface area contributed by atoms with Crippen LogP contribution in [0.4, 0.5) is 4.79 Å². The molecule has 1 aliphatic heterocycles. The lowest BCUT2D eigenvalue weighted by Gasteiger charge is -2.22. The summed E-state index contributed by atoms with van der Waals surface area (Å²) in [6.07, 6.45) is -1.61. The van der Waals surface area contributed by atoms with Crippen LogP contribution in [-0.2, 0) is 16.0 Å². The number of nitrogens with one attached hydrogen (secondary N) is 3. The number of aliphatic hydroxyl groups excluding tert-OH is 1. The van der Waals surface area contributed by atoms with Crippen molar-refractivity contribution in [2.45, 2.75) is 24.7 Å². The van der Waals surface area contributed by atoms with Crippen molar-refractivity contribution in [1.82, 2.24) is 16.0 Å². The molecule has 8 nitrogen and oxygen atoms in total. The van der Waals surface area contributed by atoms with Crippen LogP contribution in [-0.4, -0.2) is 62.6 Å². The van der Waals surface area contributed by atoms with Gasteiger partial charge in [0.1, 0.15) is 18.0 Å². The number of alkyl carbamates (subject to hydrolysis) is 1. The Morgan fingerprint density at radius 3 is 2.67 bits per heavy atom. The molecule has 2 rings (SSSR count). The average molecular weight is 337 g/mol. The van der Waals surface area contributed by atoms with Gasteiger partial charge in [0, 0.05) is 13.6 Å². The Bertz CT molecular complexity index is 563. The molecule has 4 N–H and O–H groups in total. The van der Waals surface area contributed by atoms with E-state index in [1.54, 1.807) is 7.11 Å². The fraction of sp³-hybridized carbons (Fsp3) is 0.500. The van der Waals surface area contributed by atoms with Gasteiger partial charge in [-0.05, 0) is 24.1 Å². The number of carbonyl (C=O) groups excluding carboxylic acids is 2. The van der Waals surface area contributed by atoms with Gasteiger partial charge in [-0.3, -0.25) is 4.79 Å². The average Bonchev–Trinajstić information content (AvgIpc) is 2.93. The minimum atomic E-state index is -0.793. The maximum atomic E-state index is 11.8. The van der Waals surface area contributed by atoms with E-state index in [1.807, 2.05) is 24.3 Å². The summed E-state index contributed by atoms with van der Waals surface area (Å²) in [6.45, 7) is 0.170. The molecule has 1 unspecified atom stereocenters. The number of amides is 2. The standard InChI is InChI=1S/C16H23N3O5/c1-17-14(21)9-19-16(22)24-15-12(18-8-13(15)20)7-10-3-5-11(23-2)6-4-10/h3-6,12-13,15,18,20H,7-9H2,1-2H3,(H,17,21)(H,19,22)/t12-,13?,15+/m1/s1. The molecule has 132 valence electrons. The normalized spacial score (nSPS) is 22.7. The summed E-state index contributed by atoms with van der Waals surface area (Å²) in [5.41, 5.74) is 1.03. The fourth-order valence-electron chi connectivity index (χ4n) is 2.54. The van der Waals surface area contributed by atoms with E-state index in [0.29, 0.717) is 13.0 Å². The van der Waals surface area contributed by atoms with Gasteiger partial charge in [0.25, 0.3) is 0 Å². The zero-order chi connectivity index (χ0) is 17.5. The van der Waals surface area contributed by atoms with Crippen molar-refractivity contribution in [3.05, 3.63) is 29.8 Å². The maximum absolute atomic E-state index is 11.8. The Morgan fingerprint density at radius 2 is 2.04 bits per heavy atom. The number of rotatable bonds is 6. The first-order valence-electron chi connectivity index (χ1n) is 7.73. The van der Waals surface area contributed by atoms with Crippen LogP contribution in [0.3, 0.4) is 0 Å². The highest BCUT2D eigenvalue weighted by molar-refractivity contribution is 5.81. The number of carbonyl (C=O) groups is 2. The number of ether oxygens (including phenoxy) is 2. The number of β-amino-alcohol motifs (C(OH)–C–C–N with tert-alkyl or cyclic N) is 1. The summed E-state index contributed by atoms with van der Waals surface area (Å²) >= 11 is 0.